The predicted molar refractivity (Wildman–Crippen MR) is 119 cm³/mol. The number of nitrogens with zero attached hydrogens (tertiary/aromatic N) is 4. The molecule has 0 radical (unpaired) electrons. The van der Waals surface area contributed by atoms with Gasteiger partial charge in [0.25, 0.3) is 5.91 Å². The third-order valence-electron chi connectivity index (χ3n) is 4.99. The second kappa shape index (κ2) is 8.98. The molecule has 0 saturated carbocycles. The van der Waals surface area contributed by atoms with Crippen LogP contribution in [-0.2, 0) is 4.79 Å². The number of amides is 1. The van der Waals surface area contributed by atoms with E-state index in [0.717, 1.165) is 39.6 Å². The molecule has 7 nitrogen and oxygen atoms in total. The molecular weight excluding hydrogens is 378 g/mol. The molecule has 0 saturated heterocycles. The van der Waals surface area contributed by atoms with Crippen LogP contribution in [0, 0.1) is 27.7 Å². The van der Waals surface area contributed by atoms with Crippen molar-refractivity contribution in [3.05, 3.63) is 64.6 Å². The highest BCUT2D eigenvalue weighted by Gasteiger charge is 2.14. The topological polar surface area (TPSA) is 73.4 Å². The van der Waals surface area contributed by atoms with E-state index in [9.17, 15) is 4.79 Å². The van der Waals surface area contributed by atoms with Crippen molar-refractivity contribution in [2.75, 3.05) is 6.61 Å². The Kier molecular flexibility index (Phi) is 6.40. The summed E-state index contributed by atoms with van der Waals surface area (Å²) in [5.41, 5.74) is 7.57. The van der Waals surface area contributed by atoms with Crippen LogP contribution < -0.4 is 10.2 Å². The monoisotopic (exact) mass is 407 g/mol. The molecule has 30 heavy (non-hydrogen) atoms. The van der Waals surface area contributed by atoms with Gasteiger partial charge in [-0.25, -0.2) is 10.1 Å². The van der Waals surface area contributed by atoms with Crippen LogP contribution in [-0.4, -0.2) is 33.1 Å². The molecule has 1 N–H and O–H groups in total. The minimum atomic E-state index is -0.305. The number of rotatable bonds is 7. The van der Waals surface area contributed by atoms with E-state index < -0.39 is 0 Å². The fraction of sp³-hybridized carbons (Fsp3) is 0.348. The summed E-state index contributed by atoms with van der Waals surface area (Å²) in [5, 5.41) is 8.53. The van der Waals surface area contributed by atoms with Gasteiger partial charge in [0, 0.05) is 29.1 Å². The number of aryl methyl sites for hydroxylation is 3. The van der Waals surface area contributed by atoms with Crippen molar-refractivity contribution in [1.82, 2.24) is 19.8 Å². The van der Waals surface area contributed by atoms with Crippen molar-refractivity contribution in [3.8, 4) is 11.6 Å². The molecule has 1 aromatic carbocycles. The average Bonchev–Trinajstić information content (AvgIpc) is 3.26. The molecule has 7 heteroatoms. The Bertz CT molecular complexity index is 1060. The van der Waals surface area contributed by atoms with E-state index in [1.54, 1.807) is 12.4 Å². The molecular formula is C23H29N5O2. The Hall–Kier alpha value is -3.35. The smallest absolute Gasteiger partial charge is 0.277 e. The number of hydrogen-bond donors (Lipinski definition) is 1. The third-order valence-corrected chi connectivity index (χ3v) is 4.99. The van der Waals surface area contributed by atoms with Gasteiger partial charge in [0.2, 0.25) is 0 Å². The summed E-state index contributed by atoms with van der Waals surface area (Å²) in [6.07, 6.45) is 3.46. The minimum absolute atomic E-state index is 0.0877. The zero-order chi connectivity index (χ0) is 21.8. The van der Waals surface area contributed by atoms with Gasteiger partial charge < -0.3 is 9.30 Å². The van der Waals surface area contributed by atoms with Crippen LogP contribution >= 0.6 is 0 Å². The quantitative estimate of drug-likeness (QED) is 0.475. The number of benzene rings is 1. The summed E-state index contributed by atoms with van der Waals surface area (Å²) in [7, 11) is 0. The number of carbonyl (C=O) groups excluding carboxylic acids is 1. The van der Waals surface area contributed by atoms with Gasteiger partial charge in [-0.05, 0) is 58.7 Å². The summed E-state index contributed by atoms with van der Waals surface area (Å²) < 4.78 is 9.78. The van der Waals surface area contributed by atoms with Crippen molar-refractivity contribution in [1.29, 1.82) is 0 Å². The molecule has 0 bridgehead atoms. The van der Waals surface area contributed by atoms with E-state index in [-0.39, 0.29) is 18.6 Å². The van der Waals surface area contributed by atoms with E-state index in [0.29, 0.717) is 0 Å². The molecule has 3 aromatic rings. The summed E-state index contributed by atoms with van der Waals surface area (Å²) in [6, 6.07) is 10.2. The highest BCUT2D eigenvalue weighted by Crippen LogP contribution is 2.23. The summed E-state index contributed by atoms with van der Waals surface area (Å²) in [6.45, 7) is 12.1. The molecule has 3 rings (SSSR count). The van der Waals surface area contributed by atoms with E-state index in [4.69, 9.17) is 4.74 Å². The van der Waals surface area contributed by atoms with Gasteiger partial charge in [0.05, 0.1) is 12.4 Å². The van der Waals surface area contributed by atoms with Crippen molar-refractivity contribution >= 4 is 12.1 Å². The fourth-order valence-electron chi connectivity index (χ4n) is 3.52. The standard InChI is InChI=1S/C23H29N5O2/c1-15(2)28-22(10-11-25-28)27-18(5)12-20(19(27)6)13-24-26-21(29)14-30-23-16(3)8-7-9-17(23)4/h7-13,15H,14H2,1-6H3,(H,26,29)/b24-13-. The molecule has 0 spiro atoms. The Morgan fingerprint density at radius 1 is 1.20 bits per heavy atom. The lowest BCUT2D eigenvalue weighted by Crippen LogP contribution is -2.25. The Balaban J connectivity index is 1.67. The largest absolute Gasteiger partial charge is 0.483 e. The predicted octanol–water partition coefficient (Wildman–Crippen LogP) is 4.02. The molecule has 0 aliphatic carbocycles. The maximum absolute atomic E-state index is 12.1. The first kappa shape index (κ1) is 21.4. The molecule has 0 aliphatic heterocycles. The van der Waals surface area contributed by atoms with Gasteiger partial charge in [-0.15, -0.1) is 0 Å². The van der Waals surface area contributed by atoms with E-state index in [2.05, 4.69) is 34.0 Å². The van der Waals surface area contributed by atoms with Crippen molar-refractivity contribution in [2.45, 2.75) is 47.6 Å². The molecule has 1 amide bonds. The lowest BCUT2D eigenvalue weighted by Gasteiger charge is -2.15. The summed E-state index contributed by atoms with van der Waals surface area (Å²) in [4.78, 5) is 12.1. The zero-order valence-corrected chi connectivity index (χ0v) is 18.4. The van der Waals surface area contributed by atoms with Crippen LogP contribution in [0.4, 0.5) is 0 Å². The van der Waals surface area contributed by atoms with Crippen molar-refractivity contribution in [3.63, 3.8) is 0 Å². The van der Waals surface area contributed by atoms with E-state index >= 15 is 0 Å². The maximum Gasteiger partial charge on any atom is 0.277 e. The molecule has 2 heterocycles. The fourth-order valence-corrected chi connectivity index (χ4v) is 3.52. The average molecular weight is 408 g/mol. The number of aromatic nitrogens is 3. The first-order chi connectivity index (χ1) is 14.3. The van der Waals surface area contributed by atoms with Crippen LogP contribution in [0.15, 0.2) is 41.6 Å². The highest BCUT2D eigenvalue weighted by molar-refractivity contribution is 5.84. The number of hydrogen-bond acceptors (Lipinski definition) is 4. The lowest BCUT2D eigenvalue weighted by molar-refractivity contribution is -0.123. The van der Waals surface area contributed by atoms with Gasteiger partial charge in [-0.1, -0.05) is 18.2 Å². The molecule has 158 valence electrons. The first-order valence-corrected chi connectivity index (χ1v) is 10.0. The molecule has 0 unspecified atom stereocenters. The highest BCUT2D eigenvalue weighted by atomic mass is 16.5. The van der Waals surface area contributed by atoms with Gasteiger partial charge in [0.1, 0.15) is 11.6 Å². The lowest BCUT2D eigenvalue weighted by atomic mass is 10.1. The van der Waals surface area contributed by atoms with Crippen LogP contribution in [0.2, 0.25) is 0 Å². The number of hydrazone groups is 1. The summed E-state index contributed by atoms with van der Waals surface area (Å²) in [5.74, 6) is 1.44. The summed E-state index contributed by atoms with van der Waals surface area (Å²) >= 11 is 0. The molecule has 0 atom stereocenters. The van der Waals surface area contributed by atoms with Gasteiger partial charge >= 0.3 is 0 Å². The molecule has 2 aromatic heterocycles. The number of nitrogens with one attached hydrogen (secondary N) is 1. The normalized spacial score (nSPS) is 11.4. The Morgan fingerprint density at radius 3 is 2.57 bits per heavy atom. The SMILES string of the molecule is Cc1cccc(C)c1OCC(=O)N/N=C\c1cc(C)n(-c2ccnn2C(C)C)c1C. The van der Waals surface area contributed by atoms with Crippen LogP contribution in [0.1, 0.15) is 48.0 Å². The second-order valence-electron chi connectivity index (χ2n) is 7.69. The first-order valence-electron chi connectivity index (χ1n) is 10.0. The Labute approximate surface area is 177 Å². The number of ether oxygens (including phenoxy) is 1. The number of carbonyl (C=O) groups is 1. The Morgan fingerprint density at radius 2 is 1.90 bits per heavy atom. The van der Waals surface area contributed by atoms with Crippen LogP contribution in [0.5, 0.6) is 5.75 Å². The van der Waals surface area contributed by atoms with Crippen LogP contribution in [0.3, 0.4) is 0 Å². The van der Waals surface area contributed by atoms with Gasteiger partial charge in [-0.2, -0.15) is 10.2 Å². The second-order valence-corrected chi connectivity index (χ2v) is 7.69. The third kappa shape index (κ3) is 4.45. The van der Waals surface area contributed by atoms with E-state index in [1.807, 2.05) is 62.7 Å². The molecule has 0 aliphatic rings. The van der Waals surface area contributed by atoms with Crippen LogP contribution in [0.25, 0.3) is 5.82 Å². The number of para-hydroxylation sites is 1. The van der Waals surface area contributed by atoms with Gasteiger partial charge in [0.15, 0.2) is 6.61 Å². The minimum Gasteiger partial charge on any atom is -0.483 e. The molecule has 0 fully saturated rings. The van der Waals surface area contributed by atoms with Crippen molar-refractivity contribution in [2.24, 2.45) is 5.10 Å². The van der Waals surface area contributed by atoms with E-state index in [1.165, 1.54) is 0 Å². The van der Waals surface area contributed by atoms with Gasteiger partial charge in [-0.3, -0.25) is 4.79 Å². The van der Waals surface area contributed by atoms with Crippen molar-refractivity contribution < 1.29 is 9.53 Å². The maximum atomic E-state index is 12.1. The zero-order valence-electron chi connectivity index (χ0n) is 18.4.